The van der Waals surface area contributed by atoms with Crippen LogP contribution < -0.4 is 33.2 Å². The number of nitrogens with one attached hydrogen (secondary N) is 3. The van der Waals surface area contributed by atoms with E-state index < -0.39 is 72.5 Å². The van der Waals surface area contributed by atoms with E-state index in [-0.39, 0.29) is 12.8 Å². The number of carbonyl (C=O) groups excluding carboxylic acids is 5. The summed E-state index contributed by atoms with van der Waals surface area (Å²) < 4.78 is 0. The summed E-state index contributed by atoms with van der Waals surface area (Å²) in [4.78, 5) is 68.9. The quantitative estimate of drug-likeness (QED) is 0.157. The van der Waals surface area contributed by atoms with Gasteiger partial charge in [-0.1, -0.05) is 13.8 Å². The molecule has 13 nitrogen and oxygen atoms in total. The van der Waals surface area contributed by atoms with Crippen LogP contribution in [0.4, 0.5) is 0 Å². The Labute approximate surface area is 167 Å². The van der Waals surface area contributed by atoms with E-state index in [9.17, 15) is 28.8 Å². The predicted octanol–water partition coefficient (Wildman–Crippen LogP) is -3.72. The minimum Gasteiger partial charge on any atom is -0.480 e. The lowest BCUT2D eigenvalue weighted by molar-refractivity contribution is -0.142. The van der Waals surface area contributed by atoms with Gasteiger partial charge in [-0.3, -0.25) is 24.0 Å². The SMILES string of the molecule is CC(C)C(NC(=O)CNC(=O)C(N)CC(N)=O)C(=O)NC(CCC(N)=O)C(=O)O. The predicted molar refractivity (Wildman–Crippen MR) is 99.6 cm³/mol. The summed E-state index contributed by atoms with van der Waals surface area (Å²) in [5, 5.41) is 16.0. The van der Waals surface area contributed by atoms with Crippen LogP contribution in [0.15, 0.2) is 0 Å². The highest BCUT2D eigenvalue weighted by atomic mass is 16.4. The van der Waals surface area contributed by atoms with E-state index >= 15 is 0 Å². The summed E-state index contributed by atoms with van der Waals surface area (Å²) in [6.07, 6.45) is -0.844. The number of aliphatic carboxylic acids is 1. The summed E-state index contributed by atoms with van der Waals surface area (Å²) in [5.74, 6) is -5.56. The first-order valence-corrected chi connectivity index (χ1v) is 8.77. The molecule has 0 aliphatic rings. The molecular weight excluding hydrogens is 388 g/mol. The molecule has 0 aromatic carbocycles. The zero-order valence-corrected chi connectivity index (χ0v) is 16.3. The first-order chi connectivity index (χ1) is 13.3. The van der Waals surface area contributed by atoms with Crippen LogP contribution in [0.5, 0.6) is 0 Å². The first kappa shape index (κ1) is 25.8. The normalized spacial score (nSPS) is 13.7. The third-order valence-corrected chi connectivity index (χ3v) is 3.74. The van der Waals surface area contributed by atoms with Crippen LogP contribution in [-0.2, 0) is 28.8 Å². The van der Waals surface area contributed by atoms with Gasteiger partial charge in [0.25, 0.3) is 0 Å². The van der Waals surface area contributed by atoms with Crippen LogP contribution in [0.25, 0.3) is 0 Å². The van der Waals surface area contributed by atoms with Gasteiger partial charge in [0.1, 0.15) is 12.1 Å². The summed E-state index contributed by atoms with van der Waals surface area (Å²) in [7, 11) is 0. The Kier molecular flexibility index (Phi) is 10.9. The first-order valence-electron chi connectivity index (χ1n) is 8.77. The molecule has 3 atom stereocenters. The van der Waals surface area contributed by atoms with Gasteiger partial charge in [0.15, 0.2) is 0 Å². The summed E-state index contributed by atoms with van der Waals surface area (Å²) in [5.41, 5.74) is 15.3. The van der Waals surface area contributed by atoms with Gasteiger partial charge in [0, 0.05) is 6.42 Å². The van der Waals surface area contributed by atoms with E-state index in [4.69, 9.17) is 22.3 Å². The molecule has 0 radical (unpaired) electrons. The maximum Gasteiger partial charge on any atom is 0.326 e. The molecule has 29 heavy (non-hydrogen) atoms. The highest BCUT2D eigenvalue weighted by molar-refractivity contribution is 5.93. The van der Waals surface area contributed by atoms with Gasteiger partial charge in [-0.15, -0.1) is 0 Å². The van der Waals surface area contributed by atoms with Gasteiger partial charge in [0.2, 0.25) is 29.5 Å². The fraction of sp³-hybridized carbons (Fsp3) is 0.625. The van der Waals surface area contributed by atoms with Crippen molar-refractivity contribution in [1.82, 2.24) is 16.0 Å². The number of carbonyl (C=O) groups is 6. The van der Waals surface area contributed by atoms with Crippen molar-refractivity contribution < 1.29 is 33.9 Å². The number of hydrogen-bond donors (Lipinski definition) is 7. The van der Waals surface area contributed by atoms with Crippen LogP contribution in [0.3, 0.4) is 0 Å². The van der Waals surface area contributed by atoms with Crippen molar-refractivity contribution >= 4 is 35.5 Å². The zero-order chi connectivity index (χ0) is 22.7. The summed E-state index contributed by atoms with van der Waals surface area (Å²) >= 11 is 0. The van der Waals surface area contributed by atoms with Crippen molar-refractivity contribution in [3.8, 4) is 0 Å². The Bertz CT molecular complexity index is 652. The molecule has 0 saturated heterocycles. The molecule has 0 aromatic heterocycles. The van der Waals surface area contributed by atoms with Crippen LogP contribution in [0, 0.1) is 5.92 Å². The van der Waals surface area contributed by atoms with E-state index in [0.717, 1.165) is 0 Å². The highest BCUT2D eigenvalue weighted by Gasteiger charge is 2.29. The van der Waals surface area contributed by atoms with Gasteiger partial charge in [0.05, 0.1) is 19.0 Å². The van der Waals surface area contributed by atoms with E-state index in [1.165, 1.54) is 0 Å². The molecule has 0 heterocycles. The third-order valence-electron chi connectivity index (χ3n) is 3.74. The Morgan fingerprint density at radius 1 is 0.931 bits per heavy atom. The van der Waals surface area contributed by atoms with E-state index in [2.05, 4.69) is 16.0 Å². The van der Waals surface area contributed by atoms with Crippen LogP contribution in [-0.4, -0.2) is 65.3 Å². The monoisotopic (exact) mass is 416 g/mol. The average molecular weight is 416 g/mol. The Balaban J connectivity index is 4.83. The summed E-state index contributed by atoms with van der Waals surface area (Å²) in [6, 6.07) is -3.68. The largest absolute Gasteiger partial charge is 0.480 e. The van der Waals surface area contributed by atoms with Gasteiger partial charge in [-0.2, -0.15) is 0 Å². The lowest BCUT2D eigenvalue weighted by atomic mass is 10.0. The molecule has 5 amide bonds. The molecule has 0 bridgehead atoms. The molecule has 0 aliphatic carbocycles. The summed E-state index contributed by atoms with van der Waals surface area (Å²) in [6.45, 7) is 2.71. The Morgan fingerprint density at radius 2 is 1.52 bits per heavy atom. The smallest absolute Gasteiger partial charge is 0.326 e. The molecule has 3 unspecified atom stereocenters. The highest BCUT2D eigenvalue weighted by Crippen LogP contribution is 2.05. The molecule has 0 spiro atoms. The zero-order valence-electron chi connectivity index (χ0n) is 16.3. The Hall–Kier alpha value is -3.22. The van der Waals surface area contributed by atoms with Crippen molar-refractivity contribution in [2.24, 2.45) is 23.1 Å². The van der Waals surface area contributed by atoms with Crippen LogP contribution in [0.2, 0.25) is 0 Å². The molecule has 0 rings (SSSR count). The van der Waals surface area contributed by atoms with Gasteiger partial charge >= 0.3 is 5.97 Å². The maximum atomic E-state index is 12.4. The fourth-order valence-corrected chi connectivity index (χ4v) is 2.17. The van der Waals surface area contributed by atoms with Crippen molar-refractivity contribution in [1.29, 1.82) is 0 Å². The second-order valence-corrected chi connectivity index (χ2v) is 6.69. The van der Waals surface area contributed by atoms with E-state index in [1.54, 1.807) is 13.8 Å². The second kappa shape index (κ2) is 12.3. The Morgan fingerprint density at radius 3 is 1.97 bits per heavy atom. The average Bonchev–Trinajstić information content (AvgIpc) is 2.59. The molecule has 13 heteroatoms. The fourth-order valence-electron chi connectivity index (χ4n) is 2.17. The molecular formula is C16H28N6O7. The van der Waals surface area contributed by atoms with Crippen LogP contribution >= 0.6 is 0 Å². The van der Waals surface area contributed by atoms with Crippen LogP contribution in [0.1, 0.15) is 33.1 Å². The number of carboxylic acid groups (broad SMARTS) is 1. The van der Waals surface area contributed by atoms with E-state index in [0.29, 0.717) is 0 Å². The maximum absolute atomic E-state index is 12.4. The van der Waals surface area contributed by atoms with E-state index in [1.807, 2.05) is 0 Å². The lowest BCUT2D eigenvalue weighted by Crippen LogP contribution is -2.55. The second-order valence-electron chi connectivity index (χ2n) is 6.69. The molecule has 0 aliphatic heterocycles. The minimum absolute atomic E-state index is 0.205. The number of rotatable bonds is 13. The topological polar surface area (TPSA) is 237 Å². The number of primary amides is 2. The van der Waals surface area contributed by atoms with Gasteiger partial charge in [-0.05, 0) is 12.3 Å². The number of carboxylic acids is 1. The third kappa shape index (κ3) is 10.6. The molecule has 0 saturated carbocycles. The van der Waals surface area contributed by atoms with Crippen molar-refractivity contribution in [3.05, 3.63) is 0 Å². The molecule has 10 N–H and O–H groups in total. The van der Waals surface area contributed by atoms with Crippen molar-refractivity contribution in [3.63, 3.8) is 0 Å². The number of hydrogen-bond acceptors (Lipinski definition) is 7. The molecule has 0 aromatic rings. The number of nitrogens with two attached hydrogens (primary N) is 3. The molecule has 164 valence electrons. The van der Waals surface area contributed by atoms with Crippen molar-refractivity contribution in [2.45, 2.75) is 51.2 Å². The van der Waals surface area contributed by atoms with Gasteiger partial charge < -0.3 is 38.3 Å². The lowest BCUT2D eigenvalue weighted by Gasteiger charge is -2.24. The van der Waals surface area contributed by atoms with Crippen molar-refractivity contribution in [2.75, 3.05) is 6.54 Å². The number of amides is 5. The minimum atomic E-state index is -1.36. The standard InChI is InChI=1S/C16H28N6O7/c1-7(2)13(15(27)21-9(16(28)29)3-4-10(18)23)22-12(25)6-20-14(26)8(17)5-11(19)24/h7-9,13H,3-6,17H2,1-2H3,(H2,18,23)(H2,19,24)(H,20,26)(H,21,27)(H,22,25)(H,28,29). The molecule has 0 fully saturated rings. The van der Waals surface area contributed by atoms with Gasteiger partial charge in [-0.25, -0.2) is 4.79 Å².